The second-order valence-corrected chi connectivity index (χ2v) is 5.72. The summed E-state index contributed by atoms with van der Waals surface area (Å²) in [5.41, 5.74) is 0.605. The fourth-order valence-corrected chi connectivity index (χ4v) is 2.78. The molecule has 6 nitrogen and oxygen atoms in total. The van der Waals surface area contributed by atoms with Gasteiger partial charge in [-0.05, 0) is 40.9 Å². The lowest BCUT2D eigenvalue weighted by Crippen LogP contribution is -2.17. The molecule has 2 atom stereocenters. The first kappa shape index (κ1) is 13.2. The van der Waals surface area contributed by atoms with Crippen molar-refractivity contribution in [1.29, 1.82) is 0 Å². The zero-order chi connectivity index (χ0) is 14.1. The molecule has 1 aliphatic rings. The van der Waals surface area contributed by atoms with Crippen LogP contribution < -0.4 is 0 Å². The topological polar surface area (TPSA) is 89.1 Å². The minimum Gasteiger partial charge on any atom is -0.481 e. The van der Waals surface area contributed by atoms with E-state index in [1.807, 2.05) is 6.07 Å². The molecule has 3 rings (SSSR count). The molecule has 104 valence electrons. The molecule has 0 spiro atoms. The number of rotatable bonds is 3. The summed E-state index contributed by atoms with van der Waals surface area (Å²) in [7, 11) is 0. The molecule has 2 heterocycles. The molecule has 0 aromatic carbocycles. The van der Waals surface area contributed by atoms with Crippen LogP contribution in [-0.2, 0) is 4.79 Å². The molecule has 0 saturated heterocycles. The highest BCUT2D eigenvalue weighted by molar-refractivity contribution is 9.10. The van der Waals surface area contributed by atoms with Gasteiger partial charge in [0.15, 0.2) is 0 Å². The first-order valence-corrected chi connectivity index (χ1v) is 7.13. The molecular weight excluding hydrogens is 326 g/mol. The molecule has 1 aliphatic carbocycles. The van der Waals surface area contributed by atoms with Gasteiger partial charge in [0.05, 0.1) is 11.8 Å². The second kappa shape index (κ2) is 5.32. The Morgan fingerprint density at radius 3 is 2.95 bits per heavy atom. The number of hydrogen-bond donors (Lipinski definition) is 1. The van der Waals surface area contributed by atoms with Crippen LogP contribution in [0.3, 0.4) is 0 Å². The second-order valence-electron chi connectivity index (χ2n) is 4.80. The van der Waals surface area contributed by atoms with Crippen molar-refractivity contribution in [1.82, 2.24) is 15.1 Å². The molecule has 1 N–H and O–H groups in total. The van der Waals surface area contributed by atoms with Gasteiger partial charge in [0.25, 0.3) is 0 Å². The Hall–Kier alpha value is -1.76. The summed E-state index contributed by atoms with van der Waals surface area (Å²) in [6.45, 7) is 0. The molecule has 2 aromatic rings. The van der Waals surface area contributed by atoms with Crippen LogP contribution in [0, 0.1) is 5.92 Å². The largest absolute Gasteiger partial charge is 0.481 e. The normalized spacial score (nSPS) is 22.1. The Balaban J connectivity index is 1.86. The smallest absolute Gasteiger partial charge is 0.307 e. The van der Waals surface area contributed by atoms with Gasteiger partial charge < -0.3 is 9.63 Å². The Labute approximate surface area is 123 Å². The van der Waals surface area contributed by atoms with Crippen molar-refractivity contribution in [2.45, 2.75) is 25.2 Å². The van der Waals surface area contributed by atoms with E-state index in [1.165, 1.54) is 0 Å². The maximum absolute atomic E-state index is 11.2. The van der Waals surface area contributed by atoms with E-state index in [9.17, 15) is 9.90 Å². The van der Waals surface area contributed by atoms with Crippen LogP contribution in [0.25, 0.3) is 11.5 Å². The SMILES string of the molecule is O=C(O)C1CCCC1c1nc(-c2ccc(Br)cn2)no1. The monoisotopic (exact) mass is 337 g/mol. The number of carboxylic acid groups (broad SMARTS) is 1. The molecule has 1 fully saturated rings. The van der Waals surface area contributed by atoms with Crippen molar-refractivity contribution < 1.29 is 14.4 Å². The maximum Gasteiger partial charge on any atom is 0.307 e. The molecule has 0 radical (unpaired) electrons. The molecule has 1 saturated carbocycles. The predicted molar refractivity (Wildman–Crippen MR) is 72.9 cm³/mol. The van der Waals surface area contributed by atoms with Crippen molar-refractivity contribution in [3.63, 3.8) is 0 Å². The van der Waals surface area contributed by atoms with Crippen LogP contribution in [0.4, 0.5) is 0 Å². The van der Waals surface area contributed by atoms with E-state index in [4.69, 9.17) is 4.52 Å². The average molecular weight is 338 g/mol. The number of aliphatic carboxylic acids is 1. The Kier molecular flexibility index (Phi) is 3.52. The lowest BCUT2D eigenvalue weighted by molar-refractivity contribution is -0.142. The Morgan fingerprint density at radius 2 is 2.25 bits per heavy atom. The number of aromatic nitrogens is 3. The molecule has 2 unspecified atom stereocenters. The number of carboxylic acids is 1. The third-order valence-corrected chi connectivity index (χ3v) is 4.02. The summed E-state index contributed by atoms with van der Waals surface area (Å²) in [6, 6.07) is 3.62. The van der Waals surface area contributed by atoms with E-state index in [0.717, 1.165) is 17.3 Å². The minimum absolute atomic E-state index is 0.191. The standard InChI is InChI=1S/C13H12BrN3O3/c14-7-4-5-10(15-6-7)11-16-12(20-17-11)8-2-1-3-9(8)13(18)19/h4-6,8-9H,1-3H2,(H,18,19). The van der Waals surface area contributed by atoms with Gasteiger partial charge in [-0.3, -0.25) is 9.78 Å². The minimum atomic E-state index is -0.797. The molecular formula is C13H12BrN3O3. The first-order chi connectivity index (χ1) is 9.65. The van der Waals surface area contributed by atoms with Crippen molar-refractivity contribution in [3.8, 4) is 11.5 Å². The quantitative estimate of drug-likeness (QED) is 0.926. The van der Waals surface area contributed by atoms with Crippen LogP contribution in [-0.4, -0.2) is 26.2 Å². The van der Waals surface area contributed by atoms with Crippen molar-refractivity contribution in [2.75, 3.05) is 0 Å². The summed E-state index contributed by atoms with van der Waals surface area (Å²) in [6.07, 6.45) is 3.96. The van der Waals surface area contributed by atoms with Crippen LogP contribution in [0.5, 0.6) is 0 Å². The van der Waals surface area contributed by atoms with Crippen LogP contribution in [0.1, 0.15) is 31.1 Å². The van der Waals surface area contributed by atoms with Gasteiger partial charge in [-0.1, -0.05) is 11.6 Å². The summed E-state index contributed by atoms with van der Waals surface area (Å²) in [5.74, 6) is -0.627. The lowest BCUT2D eigenvalue weighted by atomic mass is 9.96. The molecule has 20 heavy (non-hydrogen) atoms. The third kappa shape index (κ3) is 2.45. The van der Waals surface area contributed by atoms with E-state index in [2.05, 4.69) is 31.1 Å². The third-order valence-electron chi connectivity index (χ3n) is 3.55. The number of carbonyl (C=O) groups is 1. The summed E-state index contributed by atoms with van der Waals surface area (Å²) < 4.78 is 6.10. The van der Waals surface area contributed by atoms with E-state index in [-0.39, 0.29) is 5.92 Å². The van der Waals surface area contributed by atoms with E-state index >= 15 is 0 Å². The molecule has 7 heteroatoms. The van der Waals surface area contributed by atoms with E-state index < -0.39 is 11.9 Å². The van der Waals surface area contributed by atoms with Crippen molar-refractivity contribution in [3.05, 3.63) is 28.7 Å². The maximum atomic E-state index is 11.2. The van der Waals surface area contributed by atoms with Crippen molar-refractivity contribution in [2.24, 2.45) is 5.92 Å². The summed E-state index contributed by atoms with van der Waals surface area (Å²) in [5, 5.41) is 13.1. The van der Waals surface area contributed by atoms with Gasteiger partial charge in [-0.15, -0.1) is 0 Å². The highest BCUT2D eigenvalue weighted by Crippen LogP contribution is 2.39. The van der Waals surface area contributed by atoms with Gasteiger partial charge >= 0.3 is 5.97 Å². The van der Waals surface area contributed by atoms with Crippen LogP contribution >= 0.6 is 15.9 Å². The first-order valence-electron chi connectivity index (χ1n) is 6.33. The fraction of sp³-hybridized carbons (Fsp3) is 0.385. The molecule has 0 bridgehead atoms. The number of halogens is 1. The zero-order valence-electron chi connectivity index (χ0n) is 10.5. The van der Waals surface area contributed by atoms with E-state index in [0.29, 0.717) is 23.8 Å². The number of hydrogen-bond acceptors (Lipinski definition) is 5. The molecule has 2 aromatic heterocycles. The highest BCUT2D eigenvalue weighted by Gasteiger charge is 2.37. The highest BCUT2D eigenvalue weighted by atomic mass is 79.9. The Morgan fingerprint density at radius 1 is 1.40 bits per heavy atom. The number of pyridine rings is 1. The molecule has 0 amide bonds. The van der Waals surface area contributed by atoms with Crippen molar-refractivity contribution >= 4 is 21.9 Å². The van der Waals surface area contributed by atoms with Crippen LogP contribution in [0.2, 0.25) is 0 Å². The van der Waals surface area contributed by atoms with Gasteiger partial charge in [-0.25, -0.2) is 0 Å². The van der Waals surface area contributed by atoms with Gasteiger partial charge in [0.1, 0.15) is 5.69 Å². The van der Waals surface area contributed by atoms with Gasteiger partial charge in [-0.2, -0.15) is 4.98 Å². The van der Waals surface area contributed by atoms with Gasteiger partial charge in [0, 0.05) is 10.7 Å². The average Bonchev–Trinajstić information content (AvgIpc) is 3.08. The number of nitrogens with zero attached hydrogens (tertiary/aromatic N) is 3. The lowest BCUT2D eigenvalue weighted by Gasteiger charge is -2.09. The summed E-state index contributed by atoms with van der Waals surface area (Å²) in [4.78, 5) is 19.7. The van der Waals surface area contributed by atoms with Crippen LogP contribution in [0.15, 0.2) is 27.3 Å². The fourth-order valence-electron chi connectivity index (χ4n) is 2.55. The van der Waals surface area contributed by atoms with Gasteiger partial charge in [0.2, 0.25) is 11.7 Å². The summed E-state index contributed by atoms with van der Waals surface area (Å²) >= 11 is 3.31. The predicted octanol–water partition coefficient (Wildman–Crippen LogP) is 2.86. The van der Waals surface area contributed by atoms with E-state index in [1.54, 1.807) is 12.3 Å². The Bertz CT molecular complexity index is 626. The zero-order valence-corrected chi connectivity index (χ0v) is 12.1. The molecule has 0 aliphatic heterocycles.